The summed E-state index contributed by atoms with van der Waals surface area (Å²) in [4.78, 5) is 0. The molecule has 0 atom stereocenters. The Morgan fingerprint density at radius 3 is 0.585 bits per heavy atom. The molecule has 0 N–H and O–H groups in total. The molecule has 0 aromatic rings. The molecule has 0 amide bonds. The van der Waals surface area contributed by atoms with E-state index in [9.17, 15) is 0 Å². The summed E-state index contributed by atoms with van der Waals surface area (Å²) in [6, 6.07) is 0. The molecule has 0 unspecified atom stereocenters. The van der Waals surface area contributed by atoms with E-state index in [1.54, 1.807) is 0 Å². The van der Waals surface area contributed by atoms with Crippen LogP contribution in [-0.4, -0.2) is 61.2 Å². The van der Waals surface area contributed by atoms with E-state index >= 15 is 0 Å². The molecular formula is C38H82ClNNa+. The zero-order valence-corrected chi connectivity index (χ0v) is 29.7. The molecule has 3 heteroatoms. The number of hydrogen-bond acceptors (Lipinski definition) is 0. The van der Waals surface area contributed by atoms with E-state index in [1.165, 1.54) is 223 Å². The summed E-state index contributed by atoms with van der Waals surface area (Å²) in [5.74, 6) is 0. The van der Waals surface area contributed by atoms with Crippen molar-refractivity contribution in [3.05, 3.63) is 0 Å². The van der Waals surface area contributed by atoms with E-state index in [0.717, 1.165) is 0 Å². The van der Waals surface area contributed by atoms with Crippen molar-refractivity contribution in [2.45, 2.75) is 219 Å². The Hall–Kier alpha value is 1.25. The standard InChI is InChI=1S/C38H80N.ClH.Na.H/c1-5-7-9-11-13-15-17-19-21-23-25-27-29-31-33-35-37-39(3,4)38-36-34-32-30-28-26-24-22-20-18-16-14-12-10-8-6-2;;;/h5-38H2,1-4H3;1H;;/q+1;;;. The summed E-state index contributed by atoms with van der Waals surface area (Å²) in [5.41, 5.74) is 0. The fourth-order valence-corrected chi connectivity index (χ4v) is 6.29. The Morgan fingerprint density at radius 2 is 0.415 bits per heavy atom. The zero-order chi connectivity index (χ0) is 28.5. The van der Waals surface area contributed by atoms with Gasteiger partial charge in [-0.3, -0.25) is 0 Å². The van der Waals surface area contributed by atoms with Gasteiger partial charge < -0.3 is 4.48 Å². The normalized spacial score (nSPS) is 11.4. The number of unbranched alkanes of at least 4 members (excludes halogenated alkanes) is 30. The van der Waals surface area contributed by atoms with Crippen molar-refractivity contribution in [1.82, 2.24) is 0 Å². The first-order valence-corrected chi connectivity index (χ1v) is 18.9. The third-order valence-electron chi connectivity index (χ3n) is 9.23. The average Bonchev–Trinajstić information content (AvgIpc) is 2.92. The van der Waals surface area contributed by atoms with Crippen LogP contribution in [0.5, 0.6) is 0 Å². The van der Waals surface area contributed by atoms with Gasteiger partial charge in [-0.2, -0.15) is 0 Å². The molecule has 0 aliphatic carbocycles. The Bertz CT molecular complexity index is 404. The fraction of sp³-hybridized carbons (Fsp3) is 1.00. The summed E-state index contributed by atoms with van der Waals surface area (Å²) in [6.45, 7) is 7.39. The fourth-order valence-electron chi connectivity index (χ4n) is 6.29. The van der Waals surface area contributed by atoms with Crippen LogP contribution in [0.25, 0.3) is 0 Å². The second kappa shape index (κ2) is 39.3. The molecule has 0 aromatic heterocycles. The molecule has 0 heterocycles. The van der Waals surface area contributed by atoms with Crippen LogP contribution in [0.1, 0.15) is 219 Å². The average molecular weight is 612 g/mol. The van der Waals surface area contributed by atoms with Gasteiger partial charge in [-0.25, -0.2) is 0 Å². The Labute approximate surface area is 291 Å². The number of halogens is 1. The monoisotopic (exact) mass is 611 g/mol. The molecule has 0 aliphatic heterocycles. The van der Waals surface area contributed by atoms with Gasteiger partial charge >= 0.3 is 29.6 Å². The van der Waals surface area contributed by atoms with Gasteiger partial charge in [-0.05, 0) is 25.7 Å². The van der Waals surface area contributed by atoms with Gasteiger partial charge in [0.15, 0.2) is 0 Å². The summed E-state index contributed by atoms with van der Waals surface area (Å²) < 4.78 is 1.25. The number of nitrogens with zero attached hydrogens (tertiary/aromatic N) is 1. The van der Waals surface area contributed by atoms with E-state index in [4.69, 9.17) is 0 Å². The van der Waals surface area contributed by atoms with Gasteiger partial charge in [0.2, 0.25) is 0 Å². The molecule has 246 valence electrons. The first-order valence-electron chi connectivity index (χ1n) is 18.9. The van der Waals surface area contributed by atoms with Crippen molar-refractivity contribution in [2.75, 3.05) is 27.2 Å². The van der Waals surface area contributed by atoms with Gasteiger partial charge in [0.25, 0.3) is 0 Å². The molecule has 0 saturated carbocycles. The van der Waals surface area contributed by atoms with Crippen LogP contribution in [0.15, 0.2) is 0 Å². The maximum atomic E-state index is 2.47. The molecule has 0 aliphatic rings. The van der Waals surface area contributed by atoms with E-state index in [1.807, 2.05) is 0 Å². The summed E-state index contributed by atoms with van der Waals surface area (Å²) >= 11 is 0. The zero-order valence-electron chi connectivity index (χ0n) is 28.9. The molecule has 0 radical (unpaired) electrons. The molecule has 0 fully saturated rings. The third kappa shape index (κ3) is 41.2. The Morgan fingerprint density at radius 1 is 0.268 bits per heavy atom. The van der Waals surface area contributed by atoms with Crippen molar-refractivity contribution >= 4 is 42.0 Å². The van der Waals surface area contributed by atoms with Crippen LogP contribution in [0, 0.1) is 0 Å². The number of hydrogen-bond donors (Lipinski definition) is 0. The van der Waals surface area contributed by atoms with E-state index in [-0.39, 0.29) is 42.0 Å². The van der Waals surface area contributed by atoms with E-state index < -0.39 is 0 Å². The maximum absolute atomic E-state index is 2.47. The third-order valence-corrected chi connectivity index (χ3v) is 9.23. The van der Waals surface area contributed by atoms with Crippen LogP contribution in [0.3, 0.4) is 0 Å². The van der Waals surface area contributed by atoms with Crippen LogP contribution in [0.2, 0.25) is 0 Å². The topological polar surface area (TPSA) is 0 Å². The number of quaternary nitrogens is 1. The minimum atomic E-state index is 0. The SMILES string of the molecule is CCCCCCCCCCCCCCCCCC[N+](C)(C)CCCCCCCCCCCCCCCCCC.Cl.[NaH]. The molecule has 0 spiro atoms. The van der Waals surface area contributed by atoms with Crippen LogP contribution < -0.4 is 0 Å². The molecule has 0 bridgehead atoms. The van der Waals surface area contributed by atoms with Crippen LogP contribution in [0.4, 0.5) is 0 Å². The summed E-state index contributed by atoms with van der Waals surface area (Å²) in [7, 11) is 4.94. The first kappa shape index (κ1) is 46.7. The van der Waals surface area contributed by atoms with E-state index in [2.05, 4.69) is 27.9 Å². The van der Waals surface area contributed by atoms with Crippen molar-refractivity contribution in [3.63, 3.8) is 0 Å². The van der Waals surface area contributed by atoms with Gasteiger partial charge in [-0.1, -0.05) is 194 Å². The summed E-state index contributed by atoms with van der Waals surface area (Å²) in [6.07, 6.45) is 46.9. The van der Waals surface area contributed by atoms with Gasteiger partial charge in [-0.15, -0.1) is 12.4 Å². The van der Waals surface area contributed by atoms with Crippen LogP contribution in [-0.2, 0) is 0 Å². The quantitative estimate of drug-likeness (QED) is 0.0386. The number of rotatable bonds is 34. The van der Waals surface area contributed by atoms with Crippen molar-refractivity contribution in [2.24, 2.45) is 0 Å². The van der Waals surface area contributed by atoms with Crippen molar-refractivity contribution < 1.29 is 4.48 Å². The molecule has 0 rings (SSSR count). The summed E-state index contributed by atoms with van der Waals surface area (Å²) in [5, 5.41) is 0. The second-order valence-electron chi connectivity index (χ2n) is 14.0. The van der Waals surface area contributed by atoms with Crippen LogP contribution >= 0.6 is 12.4 Å². The van der Waals surface area contributed by atoms with Gasteiger partial charge in [0.05, 0.1) is 27.2 Å². The Kier molecular flexibility index (Phi) is 44.7. The molecule has 0 aromatic carbocycles. The predicted octanol–water partition coefficient (Wildman–Crippen LogP) is 13.4. The van der Waals surface area contributed by atoms with Crippen molar-refractivity contribution in [1.29, 1.82) is 0 Å². The van der Waals surface area contributed by atoms with Gasteiger partial charge in [0.1, 0.15) is 0 Å². The molecule has 0 saturated heterocycles. The Balaban J connectivity index is -0.00000722. The second-order valence-corrected chi connectivity index (χ2v) is 14.0. The first-order chi connectivity index (χ1) is 19.1. The van der Waals surface area contributed by atoms with Gasteiger partial charge in [0, 0.05) is 0 Å². The molecular weight excluding hydrogens is 529 g/mol. The van der Waals surface area contributed by atoms with Crippen molar-refractivity contribution in [3.8, 4) is 0 Å². The van der Waals surface area contributed by atoms with E-state index in [0.29, 0.717) is 0 Å². The minimum absolute atomic E-state index is 0. The molecule has 41 heavy (non-hydrogen) atoms. The molecule has 1 nitrogen and oxygen atoms in total. The predicted molar refractivity (Wildman–Crippen MR) is 195 cm³/mol.